The van der Waals surface area contributed by atoms with Gasteiger partial charge < -0.3 is 20.2 Å². The van der Waals surface area contributed by atoms with Crippen LogP contribution >= 0.6 is 11.3 Å². The van der Waals surface area contributed by atoms with E-state index in [9.17, 15) is 23.5 Å². The molecule has 3 aromatic rings. The molecule has 2 heterocycles. The van der Waals surface area contributed by atoms with E-state index in [0.717, 1.165) is 36.6 Å². The molecule has 9 heteroatoms. The number of anilines is 2. The molecule has 0 unspecified atom stereocenters. The summed E-state index contributed by atoms with van der Waals surface area (Å²) in [6, 6.07) is 10.5. The van der Waals surface area contributed by atoms with Gasteiger partial charge in [0.05, 0.1) is 11.2 Å². The van der Waals surface area contributed by atoms with Crippen molar-refractivity contribution >= 4 is 34.2 Å². The number of hydrogen-bond donors (Lipinski definition) is 2. The van der Waals surface area contributed by atoms with Crippen molar-refractivity contribution in [2.75, 3.05) is 38.5 Å². The number of hydrogen-bond acceptors (Lipinski definition) is 6. The molecule has 0 saturated carbocycles. The van der Waals surface area contributed by atoms with Crippen LogP contribution in [0.4, 0.5) is 19.5 Å². The molecule has 184 valence electrons. The number of halogens is 2. The van der Waals surface area contributed by atoms with E-state index in [2.05, 4.69) is 10.2 Å². The van der Waals surface area contributed by atoms with Gasteiger partial charge in [-0.15, -0.1) is 11.3 Å². The molecule has 4 rings (SSSR count). The molecule has 0 radical (unpaired) electrons. The Hall–Kier alpha value is -3.14. The van der Waals surface area contributed by atoms with Crippen LogP contribution in [0.25, 0.3) is 10.4 Å². The molecular formula is C26H27F2N3O3S. The summed E-state index contributed by atoms with van der Waals surface area (Å²) in [6.45, 7) is 5.93. The first kappa shape index (κ1) is 25.0. The number of likely N-dealkylation sites (N-methyl/N-ethyl adjacent to an activating group) is 1. The Morgan fingerprint density at radius 2 is 1.66 bits per heavy atom. The highest BCUT2D eigenvalue weighted by atomic mass is 32.1. The highest BCUT2D eigenvalue weighted by Gasteiger charge is 2.24. The summed E-state index contributed by atoms with van der Waals surface area (Å²) in [6.07, 6.45) is 0.620. The van der Waals surface area contributed by atoms with Gasteiger partial charge in [-0.05, 0) is 68.9 Å². The monoisotopic (exact) mass is 499 g/mol. The molecule has 1 aliphatic rings. The molecule has 1 saturated heterocycles. The van der Waals surface area contributed by atoms with Crippen LogP contribution in [0.3, 0.4) is 0 Å². The number of aldehydes is 1. The Morgan fingerprint density at radius 3 is 2.20 bits per heavy atom. The van der Waals surface area contributed by atoms with E-state index >= 15 is 0 Å². The lowest BCUT2D eigenvalue weighted by molar-refractivity contribution is 0.0663. The molecule has 1 aromatic heterocycles. The van der Waals surface area contributed by atoms with Crippen molar-refractivity contribution in [1.29, 1.82) is 0 Å². The number of piperazine rings is 1. The summed E-state index contributed by atoms with van der Waals surface area (Å²) in [5, 5.41) is 13.6. The van der Waals surface area contributed by atoms with Crippen molar-refractivity contribution in [3.05, 3.63) is 70.8 Å². The third kappa shape index (κ3) is 5.42. The maximum Gasteiger partial charge on any atom is 0.253 e. The Bertz CT molecular complexity index is 1220. The van der Waals surface area contributed by atoms with Gasteiger partial charge >= 0.3 is 0 Å². The number of aliphatic hydroxyl groups is 1. The first-order chi connectivity index (χ1) is 16.6. The van der Waals surface area contributed by atoms with Crippen molar-refractivity contribution in [1.82, 2.24) is 9.80 Å². The molecule has 2 N–H and O–H groups in total. The number of carbonyl (C=O) groups is 2. The molecule has 6 nitrogen and oxygen atoms in total. The average Bonchev–Trinajstić information content (AvgIpc) is 3.20. The smallest absolute Gasteiger partial charge is 0.253 e. The zero-order valence-electron chi connectivity index (χ0n) is 19.8. The van der Waals surface area contributed by atoms with Crippen LogP contribution in [-0.4, -0.2) is 60.3 Å². The van der Waals surface area contributed by atoms with Crippen molar-refractivity contribution in [3.8, 4) is 10.4 Å². The van der Waals surface area contributed by atoms with Gasteiger partial charge in [0.2, 0.25) is 0 Å². The molecule has 0 atom stereocenters. The molecule has 1 fully saturated rings. The van der Waals surface area contributed by atoms with Gasteiger partial charge in [0.15, 0.2) is 6.29 Å². The standard InChI is InChI=1S/C26H27F2N3O3S/c1-26(2,34)18-13-20(27)23(21(28)14-18)22-12-17(15-32)24(35-22)29-19-6-4-16(5-7-19)25(33)31-10-8-30(3)9-11-31/h4-7,12-15,29,34H,8-11H2,1-3H3. The summed E-state index contributed by atoms with van der Waals surface area (Å²) in [5.74, 6) is -1.67. The van der Waals surface area contributed by atoms with Crippen LogP contribution in [0, 0.1) is 11.6 Å². The van der Waals surface area contributed by atoms with Crippen molar-refractivity contribution in [2.45, 2.75) is 19.4 Å². The van der Waals surface area contributed by atoms with Crippen LogP contribution in [0.15, 0.2) is 42.5 Å². The number of nitrogens with zero attached hydrogens (tertiary/aromatic N) is 2. The maximum atomic E-state index is 14.8. The number of nitrogens with one attached hydrogen (secondary N) is 1. The van der Waals surface area contributed by atoms with E-state index in [1.807, 2.05) is 11.9 Å². The molecule has 1 amide bonds. The molecular weight excluding hydrogens is 472 g/mol. The fraction of sp³-hybridized carbons (Fsp3) is 0.308. The normalized spacial score (nSPS) is 14.7. The van der Waals surface area contributed by atoms with Gasteiger partial charge in [-0.1, -0.05) is 0 Å². The van der Waals surface area contributed by atoms with Gasteiger partial charge in [-0.3, -0.25) is 9.59 Å². The highest BCUT2D eigenvalue weighted by molar-refractivity contribution is 7.19. The van der Waals surface area contributed by atoms with Crippen molar-refractivity contribution in [2.24, 2.45) is 0 Å². The minimum absolute atomic E-state index is 0.0305. The third-order valence-electron chi connectivity index (χ3n) is 6.06. The average molecular weight is 500 g/mol. The first-order valence-electron chi connectivity index (χ1n) is 11.2. The van der Waals surface area contributed by atoms with Crippen LogP contribution < -0.4 is 5.32 Å². The molecule has 35 heavy (non-hydrogen) atoms. The van der Waals surface area contributed by atoms with E-state index in [4.69, 9.17) is 0 Å². The predicted molar refractivity (Wildman–Crippen MR) is 133 cm³/mol. The molecule has 0 aliphatic carbocycles. The summed E-state index contributed by atoms with van der Waals surface area (Å²) < 4.78 is 29.6. The molecule has 0 spiro atoms. The number of rotatable bonds is 6. The summed E-state index contributed by atoms with van der Waals surface area (Å²) in [7, 11) is 2.03. The van der Waals surface area contributed by atoms with Crippen LogP contribution in [0.5, 0.6) is 0 Å². The van der Waals surface area contributed by atoms with E-state index in [1.165, 1.54) is 19.9 Å². The molecule has 1 aliphatic heterocycles. The summed E-state index contributed by atoms with van der Waals surface area (Å²) >= 11 is 1.04. The predicted octanol–water partition coefficient (Wildman–Crippen LogP) is 4.86. The lowest BCUT2D eigenvalue weighted by Gasteiger charge is -2.32. The largest absolute Gasteiger partial charge is 0.386 e. The summed E-state index contributed by atoms with van der Waals surface area (Å²) in [5.41, 5.74) is -0.0737. The lowest BCUT2D eigenvalue weighted by Crippen LogP contribution is -2.47. The number of thiophene rings is 1. The van der Waals surface area contributed by atoms with E-state index < -0.39 is 17.2 Å². The van der Waals surface area contributed by atoms with Crippen molar-refractivity contribution in [3.63, 3.8) is 0 Å². The third-order valence-corrected chi connectivity index (χ3v) is 7.15. The number of amides is 1. The first-order valence-corrected chi connectivity index (χ1v) is 12.0. The second-order valence-corrected chi connectivity index (χ2v) is 10.2. The lowest BCUT2D eigenvalue weighted by atomic mass is 9.96. The minimum atomic E-state index is -1.39. The van der Waals surface area contributed by atoms with Gasteiger partial charge in [0.25, 0.3) is 5.91 Å². The number of benzene rings is 2. The topological polar surface area (TPSA) is 72.9 Å². The maximum absolute atomic E-state index is 14.8. The SMILES string of the molecule is CN1CCN(C(=O)c2ccc(Nc3sc(-c4c(F)cc(C(C)(C)O)cc4F)cc3C=O)cc2)CC1. The van der Waals surface area contributed by atoms with Gasteiger partial charge in [0.1, 0.15) is 16.6 Å². The van der Waals surface area contributed by atoms with Crippen LogP contribution in [0.2, 0.25) is 0 Å². The molecule has 0 bridgehead atoms. The van der Waals surface area contributed by atoms with Gasteiger partial charge in [0, 0.05) is 47.9 Å². The Balaban J connectivity index is 1.55. The Kier molecular flexibility index (Phi) is 7.02. The quantitative estimate of drug-likeness (QED) is 0.474. The van der Waals surface area contributed by atoms with E-state index in [1.54, 1.807) is 24.3 Å². The zero-order valence-corrected chi connectivity index (χ0v) is 20.6. The zero-order chi connectivity index (χ0) is 25.3. The van der Waals surface area contributed by atoms with Crippen molar-refractivity contribution < 1.29 is 23.5 Å². The second-order valence-electron chi connectivity index (χ2n) is 9.18. The minimum Gasteiger partial charge on any atom is -0.386 e. The van der Waals surface area contributed by atoms with Crippen LogP contribution in [-0.2, 0) is 5.60 Å². The summed E-state index contributed by atoms with van der Waals surface area (Å²) in [4.78, 5) is 28.6. The van der Waals surface area contributed by atoms with Gasteiger partial charge in [-0.2, -0.15) is 0 Å². The fourth-order valence-corrected chi connectivity index (χ4v) is 4.99. The fourth-order valence-electron chi connectivity index (χ4n) is 3.89. The van der Waals surface area contributed by atoms with E-state index in [-0.39, 0.29) is 27.5 Å². The van der Waals surface area contributed by atoms with Gasteiger partial charge in [-0.25, -0.2) is 8.78 Å². The Morgan fingerprint density at radius 1 is 1.06 bits per heavy atom. The van der Waals surface area contributed by atoms with E-state index in [0.29, 0.717) is 35.6 Å². The highest BCUT2D eigenvalue weighted by Crippen LogP contribution is 2.39. The Labute approximate surface area is 206 Å². The number of carbonyl (C=O) groups excluding carboxylic acids is 2. The molecule has 2 aromatic carbocycles. The second kappa shape index (κ2) is 9.85. The van der Waals surface area contributed by atoms with Crippen LogP contribution in [0.1, 0.15) is 40.1 Å².